The van der Waals surface area contributed by atoms with E-state index in [0.717, 1.165) is 14.9 Å². The van der Waals surface area contributed by atoms with Gasteiger partial charge >= 0.3 is 0 Å². The maximum absolute atomic E-state index is 6.53. The van der Waals surface area contributed by atoms with Crippen LogP contribution in [0.4, 0.5) is 0 Å². The Morgan fingerprint density at radius 3 is 2.84 bits per heavy atom. The molecule has 13 heteroatoms. The first-order valence-corrected chi connectivity index (χ1v) is 14.3. The Bertz CT molecular complexity index is 1360. The summed E-state index contributed by atoms with van der Waals surface area (Å²) in [6, 6.07) is 11.5. The predicted molar refractivity (Wildman–Crippen MR) is 142 cm³/mol. The lowest BCUT2D eigenvalue weighted by Crippen LogP contribution is -2.59. The first-order chi connectivity index (χ1) is 18.1. The zero-order valence-corrected chi connectivity index (χ0v) is 23.4. The van der Waals surface area contributed by atoms with Gasteiger partial charge in [0.05, 0.1) is 12.8 Å². The summed E-state index contributed by atoms with van der Waals surface area (Å²) in [6.07, 6.45) is 3.68. The van der Waals surface area contributed by atoms with Gasteiger partial charge in [0.15, 0.2) is 6.29 Å². The highest BCUT2D eigenvalue weighted by Crippen LogP contribution is 2.44. The zero-order chi connectivity index (χ0) is 25.4. The monoisotopic (exact) mass is 621 g/mol. The average Bonchev–Trinajstić information content (AvgIpc) is 3.57. The minimum atomic E-state index is -0.537. The van der Waals surface area contributed by atoms with Gasteiger partial charge in [-0.3, -0.25) is 4.98 Å². The molecule has 0 saturated carbocycles. The van der Waals surface area contributed by atoms with Crippen molar-refractivity contribution in [2.24, 2.45) is 0 Å². The Labute approximate surface area is 234 Å². The fourth-order valence-electron chi connectivity index (χ4n) is 4.48. The van der Waals surface area contributed by atoms with Crippen molar-refractivity contribution in [1.82, 2.24) is 25.0 Å². The first-order valence-electron chi connectivity index (χ1n) is 11.4. The van der Waals surface area contributed by atoms with Crippen molar-refractivity contribution in [3.05, 3.63) is 75.6 Å². The maximum Gasteiger partial charge on any atom is 0.184 e. The lowest BCUT2D eigenvalue weighted by Gasteiger charge is -2.48. The van der Waals surface area contributed by atoms with Crippen molar-refractivity contribution in [3.8, 4) is 10.7 Å². The number of pyridine rings is 1. The smallest absolute Gasteiger partial charge is 0.184 e. The number of rotatable bonds is 6. The summed E-state index contributed by atoms with van der Waals surface area (Å²) < 4.78 is 27.9. The summed E-state index contributed by atoms with van der Waals surface area (Å²) in [4.78, 5) is 9.56. The van der Waals surface area contributed by atoms with E-state index < -0.39 is 18.5 Å². The molecule has 0 radical (unpaired) electrons. The van der Waals surface area contributed by atoms with Gasteiger partial charge in [-0.1, -0.05) is 58.9 Å². The van der Waals surface area contributed by atoms with Crippen LogP contribution < -0.4 is 0 Å². The van der Waals surface area contributed by atoms with Crippen molar-refractivity contribution in [1.29, 1.82) is 0 Å². The van der Waals surface area contributed by atoms with E-state index in [1.165, 1.54) is 23.1 Å². The minimum Gasteiger partial charge on any atom is -0.375 e. The number of thioether (sulfide) groups is 1. The van der Waals surface area contributed by atoms with E-state index in [0.29, 0.717) is 22.5 Å². The highest BCUT2D eigenvalue weighted by atomic mass is 79.9. The molecule has 0 spiro atoms. The first kappa shape index (κ1) is 25.4. The third-order valence-electron chi connectivity index (χ3n) is 6.10. The molecule has 3 aromatic heterocycles. The van der Waals surface area contributed by atoms with E-state index in [9.17, 15) is 0 Å². The van der Waals surface area contributed by atoms with E-state index in [2.05, 4.69) is 36.2 Å². The Hall–Kier alpha value is -1.90. The molecule has 4 aromatic rings. The summed E-state index contributed by atoms with van der Waals surface area (Å²) in [6.45, 7) is 0.356. The van der Waals surface area contributed by atoms with Crippen molar-refractivity contribution in [2.75, 3.05) is 13.7 Å². The van der Waals surface area contributed by atoms with Gasteiger partial charge in [-0.25, -0.2) is 9.67 Å². The molecule has 6 atom stereocenters. The molecule has 1 aromatic carbocycles. The van der Waals surface area contributed by atoms with Gasteiger partial charge in [-0.2, -0.15) is 0 Å². The van der Waals surface area contributed by atoms with E-state index >= 15 is 0 Å². The lowest BCUT2D eigenvalue weighted by molar-refractivity contribution is -0.308. The highest BCUT2D eigenvalue weighted by Gasteiger charge is 2.52. The number of ether oxygens (including phenoxy) is 4. The van der Waals surface area contributed by atoms with Crippen molar-refractivity contribution < 1.29 is 18.9 Å². The predicted octanol–water partition coefficient (Wildman–Crippen LogP) is 5.40. The Kier molecular flexibility index (Phi) is 7.59. The molecule has 2 aliphatic rings. The van der Waals surface area contributed by atoms with Crippen LogP contribution >= 0.6 is 50.6 Å². The van der Waals surface area contributed by atoms with E-state index in [-0.39, 0.29) is 17.6 Å². The summed E-state index contributed by atoms with van der Waals surface area (Å²) in [7, 11) is 1.67. The van der Waals surface area contributed by atoms with Crippen LogP contribution in [0.1, 0.15) is 17.9 Å². The largest absolute Gasteiger partial charge is 0.375 e. The molecule has 5 heterocycles. The van der Waals surface area contributed by atoms with Gasteiger partial charge in [-0.15, -0.1) is 16.4 Å². The number of hydrogen-bond donors (Lipinski definition) is 0. The molecule has 192 valence electrons. The summed E-state index contributed by atoms with van der Waals surface area (Å²) >= 11 is 12.5. The standard InChI is InChI=1S/C24H21BrClN5O4S2/c1-32-21-19(31-10-16(29-30-31)22-28-18(26)12-36-22)20-17(11-33-23(35-20)13-5-3-2-4-6-13)34-24(21)37-15-7-14(25)8-27-9-15/h2-10,12,17,19-21,23-24H,11H2,1H3/t17?,19-,20-,21?,23?,24+/m0/s1. The fraction of sp³-hybridized carbons (Fsp3) is 0.333. The molecule has 2 fully saturated rings. The molecule has 6 rings (SSSR count). The molecule has 2 saturated heterocycles. The number of nitrogens with zero attached hydrogens (tertiary/aromatic N) is 5. The van der Waals surface area contributed by atoms with Gasteiger partial charge in [0.25, 0.3) is 0 Å². The number of fused-ring (bicyclic) bond motifs is 1. The van der Waals surface area contributed by atoms with Crippen LogP contribution in [-0.4, -0.2) is 62.4 Å². The molecule has 0 amide bonds. The van der Waals surface area contributed by atoms with Gasteiger partial charge in [0.1, 0.15) is 45.6 Å². The molecule has 3 unspecified atom stereocenters. The van der Waals surface area contributed by atoms with Crippen LogP contribution in [0.15, 0.2) is 69.7 Å². The second-order valence-electron chi connectivity index (χ2n) is 8.43. The average molecular weight is 623 g/mol. The number of aromatic nitrogens is 5. The number of benzene rings is 1. The number of methoxy groups -OCH3 is 1. The van der Waals surface area contributed by atoms with E-state index in [1.807, 2.05) is 42.6 Å². The second kappa shape index (κ2) is 11.1. The van der Waals surface area contributed by atoms with Crippen LogP contribution in [0.2, 0.25) is 5.15 Å². The summed E-state index contributed by atoms with van der Waals surface area (Å²) in [5, 5.41) is 11.7. The van der Waals surface area contributed by atoms with Crippen LogP contribution in [0, 0.1) is 0 Å². The Morgan fingerprint density at radius 2 is 2.08 bits per heavy atom. The molecule has 0 N–H and O–H groups in total. The summed E-state index contributed by atoms with van der Waals surface area (Å²) in [5.74, 6) is 0. The fourth-order valence-corrected chi connectivity index (χ4v) is 7.08. The molecule has 0 bridgehead atoms. The number of halogens is 2. The maximum atomic E-state index is 6.53. The highest BCUT2D eigenvalue weighted by molar-refractivity contribution is 9.10. The van der Waals surface area contributed by atoms with Crippen LogP contribution in [0.5, 0.6) is 0 Å². The molecule has 9 nitrogen and oxygen atoms in total. The number of hydrogen-bond acceptors (Lipinski definition) is 10. The molecule has 2 aliphatic heterocycles. The van der Waals surface area contributed by atoms with E-state index in [4.69, 9.17) is 30.5 Å². The minimum absolute atomic E-state index is 0.351. The van der Waals surface area contributed by atoms with Crippen LogP contribution in [-0.2, 0) is 18.9 Å². The van der Waals surface area contributed by atoms with Crippen LogP contribution in [0.3, 0.4) is 0 Å². The normalized spacial score (nSPS) is 27.6. The zero-order valence-electron chi connectivity index (χ0n) is 19.4. The molecule has 0 aliphatic carbocycles. The third kappa shape index (κ3) is 5.34. The number of thiazole rings is 1. The van der Waals surface area contributed by atoms with Crippen molar-refractivity contribution in [2.45, 2.75) is 41.0 Å². The van der Waals surface area contributed by atoms with Gasteiger partial charge < -0.3 is 18.9 Å². The van der Waals surface area contributed by atoms with E-state index in [1.54, 1.807) is 29.6 Å². The van der Waals surface area contributed by atoms with Crippen LogP contribution in [0.25, 0.3) is 10.7 Å². The molecular formula is C24H21BrClN5O4S2. The van der Waals surface area contributed by atoms with Gasteiger partial charge in [-0.05, 0) is 22.0 Å². The quantitative estimate of drug-likeness (QED) is 0.280. The Balaban J connectivity index is 1.35. The molecular weight excluding hydrogens is 602 g/mol. The lowest BCUT2D eigenvalue weighted by atomic mass is 9.96. The van der Waals surface area contributed by atoms with Crippen molar-refractivity contribution in [3.63, 3.8) is 0 Å². The molecule has 37 heavy (non-hydrogen) atoms. The topological polar surface area (TPSA) is 93.4 Å². The van der Waals surface area contributed by atoms with Crippen molar-refractivity contribution >= 4 is 50.6 Å². The van der Waals surface area contributed by atoms with Gasteiger partial charge in [0.2, 0.25) is 0 Å². The summed E-state index contributed by atoms with van der Waals surface area (Å²) in [5.41, 5.74) is 1.18. The Morgan fingerprint density at radius 1 is 1.22 bits per heavy atom. The SMILES string of the molecule is COC1[C@@H](Sc2cncc(Br)c2)OC2COC(c3ccccc3)O[C@@H]2[C@@H]1n1cc(-c2nc(Cl)cs2)nn1. The van der Waals surface area contributed by atoms with Gasteiger partial charge in [0, 0.05) is 39.8 Å². The third-order valence-corrected chi connectivity index (χ3v) is 8.82. The second-order valence-corrected chi connectivity index (χ2v) is 11.8.